The highest BCUT2D eigenvalue weighted by molar-refractivity contribution is 7.13. The molecular formula is C10H10N2O3S. The van der Waals surface area contributed by atoms with Crippen LogP contribution in [0.3, 0.4) is 0 Å². The SMILES string of the molecule is CN1c2csc(C(=O)O)c2NC(=O)C12CC2. The van der Waals surface area contributed by atoms with E-state index >= 15 is 0 Å². The van der Waals surface area contributed by atoms with Gasteiger partial charge in [-0.3, -0.25) is 4.79 Å². The molecular weight excluding hydrogens is 228 g/mol. The van der Waals surface area contributed by atoms with E-state index in [0.29, 0.717) is 5.69 Å². The summed E-state index contributed by atoms with van der Waals surface area (Å²) in [7, 11) is 1.85. The van der Waals surface area contributed by atoms with Crippen LogP contribution in [0, 0.1) is 0 Å². The van der Waals surface area contributed by atoms with Gasteiger partial charge in [0.1, 0.15) is 10.4 Å². The summed E-state index contributed by atoms with van der Waals surface area (Å²) in [5, 5.41) is 13.5. The maximum Gasteiger partial charge on any atom is 0.348 e. The molecule has 1 aliphatic heterocycles. The summed E-state index contributed by atoms with van der Waals surface area (Å²) in [4.78, 5) is 25.0. The van der Waals surface area contributed by atoms with Gasteiger partial charge in [0.25, 0.3) is 0 Å². The molecule has 1 fully saturated rings. The fourth-order valence-corrected chi connectivity index (χ4v) is 3.05. The normalized spacial score (nSPS) is 20.6. The van der Waals surface area contributed by atoms with Crippen molar-refractivity contribution in [1.29, 1.82) is 0 Å². The second kappa shape index (κ2) is 2.76. The molecule has 1 aromatic heterocycles. The average molecular weight is 238 g/mol. The summed E-state index contributed by atoms with van der Waals surface area (Å²) < 4.78 is 0. The van der Waals surface area contributed by atoms with Crippen molar-refractivity contribution in [1.82, 2.24) is 0 Å². The average Bonchev–Trinajstić information content (AvgIpc) is 2.91. The minimum absolute atomic E-state index is 0.0802. The third-order valence-corrected chi connectivity index (χ3v) is 4.31. The number of anilines is 2. The maximum absolute atomic E-state index is 11.9. The van der Waals surface area contributed by atoms with Crippen LogP contribution in [0.4, 0.5) is 11.4 Å². The second-order valence-corrected chi connectivity index (χ2v) is 5.05. The number of nitrogens with one attached hydrogen (secondary N) is 1. The Kier molecular flexibility index (Phi) is 1.67. The van der Waals surface area contributed by atoms with Gasteiger partial charge in [0, 0.05) is 12.4 Å². The summed E-state index contributed by atoms with van der Waals surface area (Å²) in [6, 6.07) is 0. The molecule has 3 rings (SSSR count). The number of fused-ring (bicyclic) bond motifs is 1. The molecule has 6 heteroatoms. The molecule has 1 amide bonds. The first-order valence-corrected chi connectivity index (χ1v) is 5.84. The molecule has 2 aliphatic rings. The van der Waals surface area contributed by atoms with Crippen LogP contribution in [0.15, 0.2) is 5.38 Å². The van der Waals surface area contributed by atoms with Gasteiger partial charge in [-0.25, -0.2) is 4.79 Å². The van der Waals surface area contributed by atoms with E-state index in [4.69, 9.17) is 5.11 Å². The Bertz CT molecular complexity index is 504. The summed E-state index contributed by atoms with van der Waals surface area (Å²) in [6.07, 6.45) is 1.68. The predicted molar refractivity (Wildman–Crippen MR) is 60.3 cm³/mol. The lowest BCUT2D eigenvalue weighted by Gasteiger charge is -2.33. The molecule has 1 spiro atoms. The number of nitrogens with zero attached hydrogens (tertiary/aromatic N) is 1. The highest BCUT2D eigenvalue weighted by Gasteiger charge is 2.56. The van der Waals surface area contributed by atoms with Crippen LogP contribution in [0.1, 0.15) is 22.5 Å². The Morgan fingerprint density at radius 1 is 1.62 bits per heavy atom. The minimum Gasteiger partial charge on any atom is -0.477 e. The van der Waals surface area contributed by atoms with Crippen LogP contribution in [0.25, 0.3) is 0 Å². The van der Waals surface area contributed by atoms with Crippen molar-refractivity contribution in [3.63, 3.8) is 0 Å². The first-order chi connectivity index (χ1) is 7.56. The molecule has 0 saturated heterocycles. The van der Waals surface area contributed by atoms with Crippen molar-refractivity contribution in [2.75, 3.05) is 17.3 Å². The molecule has 1 aliphatic carbocycles. The summed E-state index contributed by atoms with van der Waals surface area (Å²) in [5.74, 6) is -1.07. The van der Waals surface area contributed by atoms with Gasteiger partial charge in [-0.15, -0.1) is 11.3 Å². The Morgan fingerprint density at radius 2 is 2.31 bits per heavy atom. The maximum atomic E-state index is 11.9. The number of amides is 1. The summed E-state index contributed by atoms with van der Waals surface area (Å²) >= 11 is 1.15. The number of aromatic carboxylic acids is 1. The largest absolute Gasteiger partial charge is 0.477 e. The van der Waals surface area contributed by atoms with Crippen molar-refractivity contribution in [2.45, 2.75) is 18.4 Å². The van der Waals surface area contributed by atoms with Crippen molar-refractivity contribution >= 4 is 34.6 Å². The Labute approximate surface area is 95.7 Å². The lowest BCUT2D eigenvalue weighted by Crippen LogP contribution is -2.48. The molecule has 0 radical (unpaired) electrons. The zero-order valence-electron chi connectivity index (χ0n) is 8.61. The van der Waals surface area contributed by atoms with Crippen LogP contribution >= 0.6 is 11.3 Å². The fraction of sp³-hybridized carbons (Fsp3) is 0.400. The summed E-state index contributed by atoms with van der Waals surface area (Å²) in [5.41, 5.74) is 0.853. The molecule has 16 heavy (non-hydrogen) atoms. The van der Waals surface area contributed by atoms with E-state index in [-0.39, 0.29) is 10.8 Å². The van der Waals surface area contributed by atoms with Gasteiger partial charge in [-0.2, -0.15) is 0 Å². The molecule has 2 N–H and O–H groups in total. The first kappa shape index (κ1) is 9.65. The van der Waals surface area contributed by atoms with E-state index in [9.17, 15) is 9.59 Å². The third-order valence-electron chi connectivity index (χ3n) is 3.35. The number of hydrogen-bond acceptors (Lipinski definition) is 4. The lowest BCUT2D eigenvalue weighted by atomic mass is 10.1. The van der Waals surface area contributed by atoms with E-state index in [2.05, 4.69) is 5.32 Å². The number of carboxylic acids is 1. The van der Waals surface area contributed by atoms with E-state index in [1.807, 2.05) is 11.9 Å². The van der Waals surface area contributed by atoms with Crippen LogP contribution in [-0.2, 0) is 4.79 Å². The van der Waals surface area contributed by atoms with Crippen LogP contribution < -0.4 is 10.2 Å². The van der Waals surface area contributed by atoms with Gasteiger partial charge in [0.15, 0.2) is 0 Å². The van der Waals surface area contributed by atoms with Gasteiger partial charge < -0.3 is 15.3 Å². The minimum atomic E-state index is -0.994. The molecule has 2 heterocycles. The number of rotatable bonds is 1. The van der Waals surface area contributed by atoms with Crippen molar-refractivity contribution in [3.05, 3.63) is 10.3 Å². The van der Waals surface area contributed by atoms with Gasteiger partial charge >= 0.3 is 5.97 Å². The fourth-order valence-electron chi connectivity index (χ4n) is 2.17. The van der Waals surface area contributed by atoms with Crippen LogP contribution in [0.2, 0.25) is 0 Å². The quantitative estimate of drug-likeness (QED) is 0.775. The standard InChI is InChI=1S/C10H10N2O3S/c1-12-5-4-16-7(8(13)14)6(5)11-9(15)10(12)2-3-10/h4H,2-3H2,1H3,(H,11,15)(H,13,14). The van der Waals surface area contributed by atoms with Crippen LogP contribution in [0.5, 0.6) is 0 Å². The topological polar surface area (TPSA) is 69.6 Å². The molecule has 0 bridgehead atoms. The van der Waals surface area contributed by atoms with Crippen LogP contribution in [-0.4, -0.2) is 29.6 Å². The molecule has 1 aromatic rings. The first-order valence-electron chi connectivity index (χ1n) is 4.96. The van der Waals surface area contributed by atoms with E-state index < -0.39 is 11.5 Å². The van der Waals surface area contributed by atoms with Crippen molar-refractivity contribution in [2.24, 2.45) is 0 Å². The lowest BCUT2D eigenvalue weighted by molar-refractivity contribution is -0.118. The third kappa shape index (κ3) is 0.996. The van der Waals surface area contributed by atoms with Crippen molar-refractivity contribution < 1.29 is 14.7 Å². The van der Waals surface area contributed by atoms with E-state index in [0.717, 1.165) is 29.9 Å². The van der Waals surface area contributed by atoms with Gasteiger partial charge in [-0.05, 0) is 12.8 Å². The molecule has 84 valence electrons. The second-order valence-electron chi connectivity index (χ2n) is 4.17. The molecule has 1 saturated carbocycles. The number of thiophene rings is 1. The van der Waals surface area contributed by atoms with Gasteiger partial charge in [-0.1, -0.05) is 0 Å². The Balaban J connectivity index is 2.13. The van der Waals surface area contributed by atoms with E-state index in [1.54, 1.807) is 5.38 Å². The molecule has 0 aromatic carbocycles. The number of carbonyl (C=O) groups excluding carboxylic acids is 1. The number of likely N-dealkylation sites (N-methyl/N-ethyl adjacent to an activating group) is 1. The molecule has 0 unspecified atom stereocenters. The number of carboxylic acid groups (broad SMARTS) is 1. The Morgan fingerprint density at radius 3 is 2.88 bits per heavy atom. The number of carbonyl (C=O) groups is 2. The smallest absolute Gasteiger partial charge is 0.348 e. The van der Waals surface area contributed by atoms with Gasteiger partial charge in [0.05, 0.1) is 11.4 Å². The number of hydrogen-bond donors (Lipinski definition) is 2. The van der Waals surface area contributed by atoms with Gasteiger partial charge in [0.2, 0.25) is 5.91 Å². The molecule has 5 nitrogen and oxygen atoms in total. The zero-order valence-corrected chi connectivity index (χ0v) is 9.43. The van der Waals surface area contributed by atoms with E-state index in [1.165, 1.54) is 0 Å². The monoisotopic (exact) mass is 238 g/mol. The van der Waals surface area contributed by atoms with Crippen molar-refractivity contribution in [3.8, 4) is 0 Å². The zero-order chi connectivity index (χ0) is 11.5. The summed E-state index contributed by atoms with van der Waals surface area (Å²) in [6.45, 7) is 0. The Hall–Kier alpha value is -1.56. The predicted octanol–water partition coefficient (Wildman–Crippen LogP) is 1.37. The highest BCUT2D eigenvalue weighted by Crippen LogP contribution is 2.51. The highest BCUT2D eigenvalue weighted by atomic mass is 32.1. The molecule has 0 atom stereocenters.